The minimum absolute atomic E-state index is 0.0484. The van der Waals surface area contributed by atoms with Crippen LogP contribution < -0.4 is 5.32 Å². The molecule has 0 aliphatic carbocycles. The summed E-state index contributed by atoms with van der Waals surface area (Å²) in [6, 6.07) is 8.60. The normalized spacial score (nSPS) is 11.8. The second kappa shape index (κ2) is 7.92. The molecule has 7 heteroatoms. The van der Waals surface area contributed by atoms with Gasteiger partial charge in [0, 0.05) is 22.1 Å². The molecular weight excluding hydrogens is 362 g/mol. The number of carbonyl (C=O) groups is 2. The minimum atomic E-state index is -0.317. The lowest BCUT2D eigenvalue weighted by Crippen LogP contribution is -2.43. The van der Waals surface area contributed by atoms with Crippen molar-refractivity contribution >= 4 is 33.6 Å². The van der Waals surface area contributed by atoms with Gasteiger partial charge in [0.15, 0.2) is 5.82 Å². The molecule has 1 atom stereocenters. The van der Waals surface area contributed by atoms with Crippen molar-refractivity contribution in [1.29, 1.82) is 0 Å². The standard InChI is InChI=1S/C16H18BrN3O3/c1-3-11(2)20(10-15(21)18-14-7-8-23-19-14)16(22)12-5-4-6-13(17)9-12/h4-9,11H,3,10H2,1-2H3,(H,18,19,21). The molecule has 0 radical (unpaired) electrons. The van der Waals surface area contributed by atoms with Gasteiger partial charge in [-0.05, 0) is 31.5 Å². The zero-order valence-electron chi connectivity index (χ0n) is 13.0. The molecule has 0 spiro atoms. The first kappa shape index (κ1) is 17.2. The number of rotatable bonds is 6. The highest BCUT2D eigenvalue weighted by Gasteiger charge is 2.23. The van der Waals surface area contributed by atoms with Gasteiger partial charge in [0.1, 0.15) is 12.8 Å². The number of carbonyl (C=O) groups excluding carboxylic acids is 2. The fourth-order valence-electron chi connectivity index (χ4n) is 2.05. The molecule has 6 nitrogen and oxygen atoms in total. The van der Waals surface area contributed by atoms with Gasteiger partial charge in [0.05, 0.1) is 0 Å². The summed E-state index contributed by atoms with van der Waals surface area (Å²) in [7, 11) is 0. The van der Waals surface area contributed by atoms with Crippen LogP contribution in [-0.4, -0.2) is 34.5 Å². The molecule has 2 rings (SSSR count). The maximum Gasteiger partial charge on any atom is 0.254 e. The number of nitrogens with one attached hydrogen (secondary N) is 1. The Labute approximate surface area is 143 Å². The molecule has 1 aromatic heterocycles. The summed E-state index contributed by atoms with van der Waals surface area (Å²) in [4.78, 5) is 26.4. The molecule has 2 aromatic rings. The highest BCUT2D eigenvalue weighted by molar-refractivity contribution is 9.10. The Morgan fingerprint density at radius 3 is 2.78 bits per heavy atom. The summed E-state index contributed by atoms with van der Waals surface area (Å²) in [6.07, 6.45) is 2.12. The number of amides is 2. The van der Waals surface area contributed by atoms with Crippen molar-refractivity contribution in [3.63, 3.8) is 0 Å². The maximum absolute atomic E-state index is 12.7. The van der Waals surface area contributed by atoms with Crippen LogP contribution in [0.25, 0.3) is 0 Å². The van der Waals surface area contributed by atoms with E-state index in [0.29, 0.717) is 11.4 Å². The van der Waals surface area contributed by atoms with Gasteiger partial charge >= 0.3 is 0 Å². The number of halogens is 1. The first-order valence-corrected chi connectivity index (χ1v) is 8.07. The quantitative estimate of drug-likeness (QED) is 0.834. The smallest absolute Gasteiger partial charge is 0.254 e. The molecule has 122 valence electrons. The average molecular weight is 380 g/mol. The van der Waals surface area contributed by atoms with Crippen molar-refractivity contribution in [1.82, 2.24) is 10.1 Å². The summed E-state index contributed by atoms with van der Waals surface area (Å²) in [5, 5.41) is 6.23. The number of aromatic nitrogens is 1. The van der Waals surface area contributed by atoms with Crippen molar-refractivity contribution in [2.45, 2.75) is 26.3 Å². The molecule has 0 bridgehead atoms. The molecule has 1 unspecified atom stereocenters. The molecule has 0 aliphatic heterocycles. The Morgan fingerprint density at radius 1 is 1.39 bits per heavy atom. The Hall–Kier alpha value is -2.15. The Balaban J connectivity index is 2.13. The number of hydrogen-bond acceptors (Lipinski definition) is 4. The van der Waals surface area contributed by atoms with Crippen LogP contribution in [0.3, 0.4) is 0 Å². The lowest BCUT2D eigenvalue weighted by molar-refractivity contribution is -0.117. The van der Waals surface area contributed by atoms with E-state index in [1.165, 1.54) is 6.26 Å². The predicted octanol–water partition coefficient (Wildman–Crippen LogP) is 3.32. The van der Waals surface area contributed by atoms with Crippen LogP contribution in [0.15, 0.2) is 45.6 Å². The Bertz CT molecular complexity index is 673. The van der Waals surface area contributed by atoms with Gasteiger partial charge in [-0.2, -0.15) is 0 Å². The zero-order valence-corrected chi connectivity index (χ0v) is 14.5. The Kier molecular flexibility index (Phi) is 5.92. The van der Waals surface area contributed by atoms with Gasteiger partial charge in [-0.3, -0.25) is 9.59 Å². The first-order valence-electron chi connectivity index (χ1n) is 7.28. The largest absolute Gasteiger partial charge is 0.363 e. The first-order chi connectivity index (χ1) is 11.0. The van der Waals surface area contributed by atoms with Gasteiger partial charge in [-0.15, -0.1) is 0 Å². The van der Waals surface area contributed by atoms with Crippen LogP contribution in [0.4, 0.5) is 5.82 Å². The van der Waals surface area contributed by atoms with E-state index < -0.39 is 0 Å². The summed E-state index contributed by atoms with van der Waals surface area (Å²) in [5.74, 6) is -0.174. The topological polar surface area (TPSA) is 75.4 Å². The third-order valence-corrected chi connectivity index (χ3v) is 3.97. The van der Waals surface area contributed by atoms with Gasteiger partial charge in [0.25, 0.3) is 5.91 Å². The summed E-state index contributed by atoms with van der Waals surface area (Å²) >= 11 is 3.36. The zero-order chi connectivity index (χ0) is 16.8. The van der Waals surface area contributed by atoms with E-state index in [1.807, 2.05) is 19.9 Å². The molecule has 0 aliphatic rings. The third-order valence-electron chi connectivity index (χ3n) is 3.47. The molecule has 0 fully saturated rings. The molecule has 0 saturated carbocycles. The van der Waals surface area contributed by atoms with E-state index >= 15 is 0 Å². The van der Waals surface area contributed by atoms with E-state index in [4.69, 9.17) is 0 Å². The SMILES string of the molecule is CCC(C)N(CC(=O)Nc1ccon1)C(=O)c1cccc(Br)c1. The summed E-state index contributed by atoms with van der Waals surface area (Å²) in [5.41, 5.74) is 0.536. The highest BCUT2D eigenvalue weighted by atomic mass is 79.9. The van der Waals surface area contributed by atoms with E-state index in [0.717, 1.165) is 10.9 Å². The predicted molar refractivity (Wildman–Crippen MR) is 90.1 cm³/mol. The molecule has 1 heterocycles. The van der Waals surface area contributed by atoms with E-state index in [2.05, 4.69) is 30.9 Å². The van der Waals surface area contributed by atoms with Crippen molar-refractivity contribution < 1.29 is 14.1 Å². The molecule has 23 heavy (non-hydrogen) atoms. The van der Waals surface area contributed by atoms with Crippen LogP contribution in [0.1, 0.15) is 30.6 Å². The van der Waals surface area contributed by atoms with Crippen LogP contribution in [0.2, 0.25) is 0 Å². The third kappa shape index (κ3) is 4.66. The van der Waals surface area contributed by atoms with E-state index in [1.54, 1.807) is 29.2 Å². The number of hydrogen-bond donors (Lipinski definition) is 1. The van der Waals surface area contributed by atoms with Crippen LogP contribution in [0.5, 0.6) is 0 Å². The monoisotopic (exact) mass is 379 g/mol. The minimum Gasteiger partial charge on any atom is -0.363 e. The van der Waals surface area contributed by atoms with Crippen molar-refractivity contribution in [3.8, 4) is 0 Å². The summed E-state index contributed by atoms with van der Waals surface area (Å²) in [6.45, 7) is 3.84. The maximum atomic E-state index is 12.7. The number of nitrogens with zero attached hydrogens (tertiary/aromatic N) is 2. The molecular formula is C16H18BrN3O3. The van der Waals surface area contributed by atoms with E-state index in [9.17, 15) is 9.59 Å². The lowest BCUT2D eigenvalue weighted by Gasteiger charge is -2.28. The van der Waals surface area contributed by atoms with Gasteiger partial charge in [-0.1, -0.05) is 34.1 Å². The average Bonchev–Trinajstić information content (AvgIpc) is 3.04. The van der Waals surface area contributed by atoms with Crippen LogP contribution in [-0.2, 0) is 4.79 Å². The second-order valence-electron chi connectivity index (χ2n) is 5.13. The molecule has 2 amide bonds. The number of anilines is 1. The van der Waals surface area contributed by atoms with Gasteiger partial charge < -0.3 is 14.7 Å². The highest BCUT2D eigenvalue weighted by Crippen LogP contribution is 2.16. The fraction of sp³-hybridized carbons (Fsp3) is 0.312. The van der Waals surface area contributed by atoms with Crippen molar-refractivity contribution in [3.05, 3.63) is 46.6 Å². The van der Waals surface area contributed by atoms with Gasteiger partial charge in [0.2, 0.25) is 5.91 Å². The van der Waals surface area contributed by atoms with Crippen molar-refractivity contribution in [2.75, 3.05) is 11.9 Å². The molecule has 1 N–H and O–H groups in total. The van der Waals surface area contributed by atoms with Crippen LogP contribution in [0, 0.1) is 0 Å². The lowest BCUT2D eigenvalue weighted by atomic mass is 10.1. The molecule has 1 aromatic carbocycles. The number of benzene rings is 1. The second-order valence-corrected chi connectivity index (χ2v) is 6.05. The molecule has 0 saturated heterocycles. The van der Waals surface area contributed by atoms with E-state index in [-0.39, 0.29) is 24.4 Å². The van der Waals surface area contributed by atoms with Gasteiger partial charge in [-0.25, -0.2) is 0 Å². The van der Waals surface area contributed by atoms with Crippen LogP contribution >= 0.6 is 15.9 Å². The van der Waals surface area contributed by atoms with Crippen molar-refractivity contribution in [2.24, 2.45) is 0 Å². The Morgan fingerprint density at radius 2 is 2.17 bits per heavy atom. The summed E-state index contributed by atoms with van der Waals surface area (Å²) < 4.78 is 5.49. The fourth-order valence-corrected chi connectivity index (χ4v) is 2.45.